The number of nitrogens with zero attached hydrogens (tertiary/aromatic N) is 2. The van der Waals surface area contributed by atoms with Crippen molar-refractivity contribution in [1.29, 1.82) is 0 Å². The molecule has 4 heterocycles. The van der Waals surface area contributed by atoms with Crippen LogP contribution in [0.4, 0.5) is 0 Å². The fraction of sp³-hybridized carbons (Fsp3) is 0.438. The molecule has 2 bridgehead atoms. The minimum absolute atomic E-state index is 0.106. The van der Waals surface area contributed by atoms with E-state index in [9.17, 15) is 9.59 Å². The summed E-state index contributed by atoms with van der Waals surface area (Å²) in [6.45, 7) is 0. The second-order valence-electron chi connectivity index (χ2n) is 6.19. The molecule has 22 heavy (non-hydrogen) atoms. The van der Waals surface area contributed by atoms with Gasteiger partial charge in [-0.05, 0) is 37.8 Å². The molecule has 114 valence electrons. The molecule has 0 saturated carbocycles. The van der Waals surface area contributed by atoms with Gasteiger partial charge in [-0.1, -0.05) is 6.07 Å². The van der Waals surface area contributed by atoms with Crippen LogP contribution < -0.4 is 16.2 Å². The second kappa shape index (κ2) is 5.21. The third kappa shape index (κ3) is 2.29. The van der Waals surface area contributed by atoms with Crippen LogP contribution in [0, 0.1) is 0 Å². The van der Waals surface area contributed by atoms with Crippen molar-refractivity contribution in [2.45, 2.75) is 43.8 Å². The monoisotopic (exact) mass is 298 g/mol. The Morgan fingerprint density at radius 2 is 2.05 bits per heavy atom. The van der Waals surface area contributed by atoms with Crippen molar-refractivity contribution in [3.63, 3.8) is 0 Å². The lowest BCUT2D eigenvalue weighted by atomic mass is 9.99. The summed E-state index contributed by atoms with van der Waals surface area (Å²) in [6, 6.07) is 6.45. The number of hydrogen-bond acceptors (Lipinski definition) is 4. The molecule has 6 nitrogen and oxygen atoms in total. The summed E-state index contributed by atoms with van der Waals surface area (Å²) in [7, 11) is 0. The molecule has 4 rings (SSSR count). The molecule has 2 aliphatic rings. The summed E-state index contributed by atoms with van der Waals surface area (Å²) < 4.78 is 1.40. The van der Waals surface area contributed by atoms with E-state index in [1.807, 2.05) is 6.07 Å². The number of amides is 1. The third-order valence-corrected chi connectivity index (χ3v) is 4.67. The van der Waals surface area contributed by atoms with Crippen LogP contribution in [0.2, 0.25) is 0 Å². The molecule has 2 aromatic rings. The van der Waals surface area contributed by atoms with Gasteiger partial charge in [-0.3, -0.25) is 14.0 Å². The summed E-state index contributed by atoms with van der Waals surface area (Å²) in [6.07, 6.45) is 7.23. The van der Waals surface area contributed by atoms with Gasteiger partial charge in [0.05, 0.1) is 0 Å². The van der Waals surface area contributed by atoms with Crippen LogP contribution in [0.3, 0.4) is 0 Å². The predicted octanol–water partition coefficient (Wildman–Crippen LogP) is 0.707. The molecule has 0 spiro atoms. The Kier molecular flexibility index (Phi) is 3.18. The molecule has 1 amide bonds. The lowest BCUT2D eigenvalue weighted by Gasteiger charge is -2.29. The second-order valence-corrected chi connectivity index (χ2v) is 6.19. The predicted molar refractivity (Wildman–Crippen MR) is 81.9 cm³/mol. The Labute approximate surface area is 127 Å². The molecule has 0 radical (unpaired) electrons. The fourth-order valence-electron chi connectivity index (χ4n) is 3.62. The number of carbonyl (C=O) groups excluding carboxylic acids is 1. The van der Waals surface area contributed by atoms with E-state index in [0.717, 1.165) is 12.8 Å². The Balaban J connectivity index is 1.58. The molecule has 2 N–H and O–H groups in total. The molecule has 0 aliphatic carbocycles. The van der Waals surface area contributed by atoms with Gasteiger partial charge in [0.25, 0.3) is 11.5 Å². The van der Waals surface area contributed by atoms with Gasteiger partial charge in [0.15, 0.2) is 0 Å². The molecule has 0 aromatic carbocycles. The molecule has 2 atom stereocenters. The van der Waals surface area contributed by atoms with Gasteiger partial charge in [-0.15, -0.1) is 0 Å². The SMILES string of the molecule is O=C(NC1CC2CCC(C1)N2)c1cnc2ccccn2c1=O. The van der Waals surface area contributed by atoms with Crippen LogP contribution in [0.25, 0.3) is 5.65 Å². The number of fused-ring (bicyclic) bond motifs is 3. The van der Waals surface area contributed by atoms with Crippen molar-refractivity contribution < 1.29 is 4.79 Å². The Morgan fingerprint density at radius 3 is 2.82 bits per heavy atom. The number of rotatable bonds is 2. The van der Waals surface area contributed by atoms with Gasteiger partial charge in [0.2, 0.25) is 0 Å². The summed E-state index contributed by atoms with van der Waals surface area (Å²) in [5.41, 5.74) is 0.332. The lowest BCUT2D eigenvalue weighted by molar-refractivity contribution is 0.0922. The first kappa shape index (κ1) is 13.5. The van der Waals surface area contributed by atoms with E-state index >= 15 is 0 Å². The van der Waals surface area contributed by atoms with Crippen LogP contribution in [0.5, 0.6) is 0 Å². The zero-order valence-corrected chi connectivity index (χ0v) is 12.2. The van der Waals surface area contributed by atoms with E-state index in [1.54, 1.807) is 18.3 Å². The van der Waals surface area contributed by atoms with Gasteiger partial charge < -0.3 is 10.6 Å². The highest BCUT2D eigenvalue weighted by Crippen LogP contribution is 2.26. The Bertz CT molecular complexity index is 773. The maximum atomic E-state index is 12.4. The largest absolute Gasteiger partial charge is 0.349 e. The summed E-state index contributed by atoms with van der Waals surface area (Å²) in [5.74, 6) is -0.318. The van der Waals surface area contributed by atoms with Crippen LogP contribution in [0.15, 0.2) is 35.4 Å². The fourth-order valence-corrected chi connectivity index (χ4v) is 3.62. The summed E-state index contributed by atoms with van der Waals surface area (Å²) in [5, 5.41) is 6.55. The normalized spacial score (nSPS) is 27.0. The highest BCUT2D eigenvalue weighted by Gasteiger charge is 2.34. The molecule has 2 saturated heterocycles. The maximum absolute atomic E-state index is 12.4. The first-order valence-corrected chi connectivity index (χ1v) is 7.74. The zero-order chi connectivity index (χ0) is 15.1. The summed E-state index contributed by atoms with van der Waals surface area (Å²) >= 11 is 0. The molecule has 2 fully saturated rings. The maximum Gasteiger partial charge on any atom is 0.270 e. The van der Waals surface area contributed by atoms with E-state index in [-0.39, 0.29) is 23.1 Å². The quantitative estimate of drug-likeness (QED) is 0.856. The number of hydrogen-bond donors (Lipinski definition) is 2. The molecule has 2 aliphatic heterocycles. The van der Waals surface area contributed by atoms with E-state index < -0.39 is 0 Å². The number of pyridine rings is 1. The van der Waals surface area contributed by atoms with Crippen molar-refractivity contribution in [2.75, 3.05) is 0 Å². The number of carbonyl (C=O) groups is 1. The highest BCUT2D eigenvalue weighted by atomic mass is 16.2. The van der Waals surface area contributed by atoms with E-state index in [4.69, 9.17) is 0 Å². The van der Waals surface area contributed by atoms with Crippen molar-refractivity contribution in [1.82, 2.24) is 20.0 Å². The smallest absolute Gasteiger partial charge is 0.270 e. The lowest BCUT2D eigenvalue weighted by Crippen LogP contribution is -2.48. The van der Waals surface area contributed by atoms with Gasteiger partial charge in [-0.2, -0.15) is 0 Å². The van der Waals surface area contributed by atoms with Crippen molar-refractivity contribution in [3.8, 4) is 0 Å². The average molecular weight is 298 g/mol. The number of nitrogens with one attached hydrogen (secondary N) is 2. The zero-order valence-electron chi connectivity index (χ0n) is 12.2. The van der Waals surface area contributed by atoms with Crippen LogP contribution in [-0.2, 0) is 0 Å². The third-order valence-electron chi connectivity index (χ3n) is 4.67. The molecule has 2 unspecified atom stereocenters. The molecular formula is C16H18N4O2. The van der Waals surface area contributed by atoms with Gasteiger partial charge in [-0.25, -0.2) is 4.98 Å². The van der Waals surface area contributed by atoms with Gasteiger partial charge in [0, 0.05) is 30.5 Å². The number of piperidine rings is 1. The first-order chi connectivity index (χ1) is 10.7. The van der Waals surface area contributed by atoms with Crippen LogP contribution in [0.1, 0.15) is 36.0 Å². The molecule has 2 aromatic heterocycles. The Morgan fingerprint density at radius 1 is 1.27 bits per heavy atom. The van der Waals surface area contributed by atoms with Gasteiger partial charge >= 0.3 is 0 Å². The highest BCUT2D eigenvalue weighted by molar-refractivity contribution is 5.93. The van der Waals surface area contributed by atoms with E-state index in [0.29, 0.717) is 17.7 Å². The number of aromatic nitrogens is 2. The minimum Gasteiger partial charge on any atom is -0.349 e. The van der Waals surface area contributed by atoms with Crippen molar-refractivity contribution in [3.05, 3.63) is 46.5 Å². The average Bonchev–Trinajstić information content (AvgIpc) is 2.86. The topological polar surface area (TPSA) is 75.5 Å². The van der Waals surface area contributed by atoms with Crippen LogP contribution in [-0.4, -0.2) is 33.4 Å². The van der Waals surface area contributed by atoms with E-state index in [2.05, 4.69) is 15.6 Å². The molecule has 6 heteroatoms. The van der Waals surface area contributed by atoms with Crippen LogP contribution >= 0.6 is 0 Å². The van der Waals surface area contributed by atoms with Crippen molar-refractivity contribution in [2.24, 2.45) is 0 Å². The van der Waals surface area contributed by atoms with Gasteiger partial charge in [0.1, 0.15) is 11.2 Å². The standard InChI is InChI=1S/C16H18N4O2/c21-15(19-12-7-10-4-5-11(8-12)18-10)13-9-17-14-3-1-2-6-20(14)16(13)22/h1-3,6,9-12,18H,4-5,7-8H2,(H,19,21). The van der Waals surface area contributed by atoms with Crippen molar-refractivity contribution >= 4 is 11.6 Å². The Hall–Kier alpha value is -2.21. The first-order valence-electron chi connectivity index (χ1n) is 7.74. The van der Waals surface area contributed by atoms with E-state index in [1.165, 1.54) is 23.4 Å². The summed E-state index contributed by atoms with van der Waals surface area (Å²) in [4.78, 5) is 29.0. The minimum atomic E-state index is -0.319. The molecular weight excluding hydrogens is 280 g/mol.